The monoisotopic (exact) mass is 483 g/mol. The van der Waals surface area contributed by atoms with Gasteiger partial charge in [0.15, 0.2) is 0 Å². The highest BCUT2D eigenvalue weighted by atomic mass is 32.2. The fourth-order valence-corrected chi connectivity index (χ4v) is 4.23. The van der Waals surface area contributed by atoms with Crippen molar-refractivity contribution in [3.63, 3.8) is 0 Å². The van der Waals surface area contributed by atoms with Crippen LogP contribution in [0.2, 0.25) is 0 Å². The molecular weight excluding hydrogens is 458 g/mol. The maximum Gasteiger partial charge on any atom is 0.421 e. The van der Waals surface area contributed by atoms with Crippen molar-refractivity contribution in [3.8, 4) is 0 Å². The first kappa shape index (κ1) is 25.1. The van der Waals surface area contributed by atoms with E-state index in [4.69, 9.17) is 4.74 Å². The lowest BCUT2D eigenvalue weighted by atomic mass is 10.1. The lowest BCUT2D eigenvalue weighted by Gasteiger charge is -2.25. The number of urea groups is 1. The van der Waals surface area contributed by atoms with Gasteiger partial charge in [0.1, 0.15) is 6.61 Å². The predicted molar refractivity (Wildman–Crippen MR) is 117 cm³/mol. The van der Waals surface area contributed by atoms with Crippen LogP contribution < -0.4 is 14.8 Å². The van der Waals surface area contributed by atoms with Crippen LogP contribution in [-0.4, -0.2) is 41.1 Å². The second-order valence-corrected chi connectivity index (χ2v) is 11.1. The van der Waals surface area contributed by atoms with Gasteiger partial charge in [-0.2, -0.15) is 0 Å². The smallest absolute Gasteiger partial charge is 0.421 e. The van der Waals surface area contributed by atoms with Crippen LogP contribution in [0.5, 0.6) is 0 Å². The Kier molecular flexibility index (Phi) is 7.52. The summed E-state index contributed by atoms with van der Waals surface area (Å²) in [6, 6.07) is 10.7. The lowest BCUT2D eigenvalue weighted by molar-refractivity contribution is 0.121. The molecule has 0 heterocycles. The number of carbonyl (C=O) groups excluding carboxylic acids is 2. The van der Waals surface area contributed by atoms with Gasteiger partial charge in [0.05, 0.1) is 15.3 Å². The number of hydrogen-bond donors (Lipinski definition) is 3. The van der Waals surface area contributed by atoms with E-state index in [1.165, 1.54) is 38.1 Å². The van der Waals surface area contributed by atoms with Gasteiger partial charge in [0.2, 0.25) is 0 Å². The molecule has 0 fully saturated rings. The number of benzene rings is 2. The Labute approximate surface area is 187 Å². The molecule has 32 heavy (non-hydrogen) atoms. The second kappa shape index (κ2) is 9.57. The standard InChI is InChI=1S/C20H25N3O7S2/c1-14-5-9-16(10-6-14)31(26,27)22-18(24)21-20(3,4)13-30-19(25)23-32(28,29)17-11-7-15(2)8-12-17/h5-12H,13H2,1-4H3,(H,23,25)(H2,21,22,24). The van der Waals surface area contributed by atoms with E-state index in [0.717, 1.165) is 11.1 Å². The zero-order chi connectivity index (χ0) is 24.2. The SMILES string of the molecule is Cc1ccc(S(=O)(=O)NC(=O)NC(C)(C)COC(=O)NS(=O)(=O)c2ccc(C)cc2)cc1. The number of amides is 3. The van der Waals surface area contributed by atoms with Crippen LogP contribution in [0.3, 0.4) is 0 Å². The lowest BCUT2D eigenvalue weighted by Crippen LogP contribution is -2.52. The molecule has 0 aromatic heterocycles. The molecule has 2 rings (SSSR count). The van der Waals surface area contributed by atoms with E-state index in [1.807, 2.05) is 4.72 Å². The summed E-state index contributed by atoms with van der Waals surface area (Å²) in [5, 5.41) is 2.37. The Morgan fingerprint density at radius 2 is 1.19 bits per heavy atom. The van der Waals surface area contributed by atoms with Gasteiger partial charge in [-0.15, -0.1) is 0 Å². The fourth-order valence-electron chi connectivity index (χ4n) is 2.43. The first-order valence-corrected chi connectivity index (χ1v) is 12.3. The average Bonchev–Trinajstić information content (AvgIpc) is 2.66. The fraction of sp³-hybridized carbons (Fsp3) is 0.300. The van der Waals surface area contributed by atoms with Crippen molar-refractivity contribution in [1.29, 1.82) is 0 Å². The number of nitrogens with one attached hydrogen (secondary N) is 3. The van der Waals surface area contributed by atoms with Crippen LogP contribution in [0, 0.1) is 13.8 Å². The topological polar surface area (TPSA) is 148 Å². The summed E-state index contributed by atoms with van der Waals surface area (Å²) in [4.78, 5) is 23.9. The van der Waals surface area contributed by atoms with Gasteiger partial charge in [-0.1, -0.05) is 35.4 Å². The van der Waals surface area contributed by atoms with E-state index >= 15 is 0 Å². The van der Waals surface area contributed by atoms with E-state index in [9.17, 15) is 26.4 Å². The first-order chi connectivity index (χ1) is 14.7. The van der Waals surface area contributed by atoms with Crippen LogP contribution >= 0.6 is 0 Å². The second-order valence-electron chi connectivity index (χ2n) is 7.75. The molecule has 174 valence electrons. The third-order valence-corrected chi connectivity index (χ3v) is 6.80. The van der Waals surface area contributed by atoms with Crippen molar-refractivity contribution in [1.82, 2.24) is 14.8 Å². The number of hydrogen-bond acceptors (Lipinski definition) is 7. The Morgan fingerprint density at radius 3 is 1.62 bits per heavy atom. The average molecular weight is 484 g/mol. The number of carbonyl (C=O) groups is 2. The first-order valence-electron chi connectivity index (χ1n) is 9.38. The van der Waals surface area contributed by atoms with Crippen molar-refractivity contribution in [2.75, 3.05) is 6.61 Å². The van der Waals surface area contributed by atoms with Crippen molar-refractivity contribution in [2.24, 2.45) is 0 Å². The molecule has 10 nitrogen and oxygen atoms in total. The van der Waals surface area contributed by atoms with Gasteiger partial charge < -0.3 is 10.1 Å². The summed E-state index contributed by atoms with van der Waals surface area (Å²) in [5.74, 6) is 0. The Bertz CT molecular complexity index is 1190. The molecule has 3 amide bonds. The van der Waals surface area contributed by atoms with Gasteiger partial charge in [-0.3, -0.25) is 0 Å². The molecule has 2 aromatic rings. The molecule has 0 bridgehead atoms. The number of sulfonamides is 2. The van der Waals surface area contributed by atoms with Crippen LogP contribution in [0.4, 0.5) is 9.59 Å². The van der Waals surface area contributed by atoms with Crippen LogP contribution in [-0.2, 0) is 24.8 Å². The summed E-state index contributed by atoms with van der Waals surface area (Å²) in [6.45, 7) is 6.08. The third kappa shape index (κ3) is 7.24. The van der Waals surface area contributed by atoms with Gasteiger partial charge in [-0.25, -0.2) is 35.9 Å². The molecule has 0 saturated heterocycles. The number of rotatable bonds is 7. The summed E-state index contributed by atoms with van der Waals surface area (Å²) < 4.78 is 57.5. The number of ether oxygens (including phenoxy) is 1. The van der Waals surface area contributed by atoms with E-state index in [-0.39, 0.29) is 9.79 Å². The summed E-state index contributed by atoms with van der Waals surface area (Å²) >= 11 is 0. The summed E-state index contributed by atoms with van der Waals surface area (Å²) in [6.07, 6.45) is -1.24. The van der Waals surface area contributed by atoms with Crippen LogP contribution in [0.1, 0.15) is 25.0 Å². The molecule has 0 saturated carbocycles. The van der Waals surface area contributed by atoms with Crippen LogP contribution in [0.15, 0.2) is 58.3 Å². The highest BCUT2D eigenvalue weighted by Gasteiger charge is 2.27. The van der Waals surface area contributed by atoms with Crippen LogP contribution in [0.25, 0.3) is 0 Å². The molecular formula is C20H25N3O7S2. The molecule has 0 radical (unpaired) electrons. The van der Waals surface area contributed by atoms with Crippen molar-refractivity contribution >= 4 is 32.2 Å². The molecule has 12 heteroatoms. The molecule has 0 atom stereocenters. The zero-order valence-corrected chi connectivity index (χ0v) is 19.6. The minimum absolute atomic E-state index is 0.0898. The van der Waals surface area contributed by atoms with E-state index < -0.39 is 44.3 Å². The number of aryl methyl sites for hydroxylation is 2. The molecule has 3 N–H and O–H groups in total. The summed E-state index contributed by atoms with van der Waals surface area (Å²) in [5.41, 5.74) is 0.494. The maximum absolute atomic E-state index is 12.3. The third-order valence-electron chi connectivity index (χ3n) is 4.12. The van der Waals surface area contributed by atoms with E-state index in [0.29, 0.717) is 0 Å². The minimum atomic E-state index is -4.13. The van der Waals surface area contributed by atoms with Gasteiger partial charge >= 0.3 is 12.1 Å². The highest BCUT2D eigenvalue weighted by Crippen LogP contribution is 2.12. The molecule has 2 aromatic carbocycles. The highest BCUT2D eigenvalue weighted by molar-refractivity contribution is 7.90. The normalized spacial score (nSPS) is 12.0. The largest absolute Gasteiger partial charge is 0.446 e. The van der Waals surface area contributed by atoms with Gasteiger partial charge in [-0.05, 0) is 52.0 Å². The molecule has 0 aliphatic carbocycles. The Hall–Kier alpha value is -3.12. The van der Waals surface area contributed by atoms with Gasteiger partial charge in [0, 0.05) is 0 Å². The van der Waals surface area contributed by atoms with Crippen molar-refractivity contribution < 1.29 is 31.2 Å². The van der Waals surface area contributed by atoms with Crippen molar-refractivity contribution in [2.45, 2.75) is 43.0 Å². The Balaban J connectivity index is 1.92. The van der Waals surface area contributed by atoms with Crippen molar-refractivity contribution in [3.05, 3.63) is 59.7 Å². The predicted octanol–water partition coefficient (Wildman–Crippen LogP) is 2.19. The maximum atomic E-state index is 12.3. The zero-order valence-electron chi connectivity index (χ0n) is 18.0. The van der Waals surface area contributed by atoms with E-state index in [1.54, 1.807) is 42.8 Å². The molecule has 0 spiro atoms. The Morgan fingerprint density at radius 1 is 0.781 bits per heavy atom. The molecule has 0 aliphatic heterocycles. The minimum Gasteiger partial charge on any atom is -0.446 e. The van der Waals surface area contributed by atoms with E-state index in [2.05, 4.69) is 5.32 Å². The molecule has 0 aliphatic rings. The molecule has 0 unspecified atom stereocenters. The summed E-state index contributed by atoms with van der Waals surface area (Å²) in [7, 11) is -8.23. The quantitative estimate of drug-likeness (QED) is 0.547. The van der Waals surface area contributed by atoms with Gasteiger partial charge in [0.25, 0.3) is 20.0 Å².